The number of amides is 1. The molecule has 2 nitrogen and oxygen atoms in total. The van der Waals surface area contributed by atoms with Crippen LogP contribution in [0.5, 0.6) is 0 Å². The molecule has 0 aromatic heterocycles. The van der Waals surface area contributed by atoms with Crippen molar-refractivity contribution in [1.29, 1.82) is 0 Å². The van der Waals surface area contributed by atoms with Crippen molar-refractivity contribution in [3.05, 3.63) is 35.6 Å². The van der Waals surface area contributed by atoms with Gasteiger partial charge in [-0.2, -0.15) is 0 Å². The lowest BCUT2D eigenvalue weighted by atomic mass is 10.1. The van der Waals surface area contributed by atoms with Gasteiger partial charge in [-0.3, -0.25) is 4.79 Å². The quantitative estimate of drug-likeness (QED) is 0.677. The van der Waals surface area contributed by atoms with Gasteiger partial charge in [0.2, 0.25) is 5.91 Å². The van der Waals surface area contributed by atoms with E-state index in [1.54, 1.807) is 23.9 Å². The molecule has 0 bridgehead atoms. The highest BCUT2D eigenvalue weighted by Gasteiger charge is 2.30. The van der Waals surface area contributed by atoms with Gasteiger partial charge in [0.25, 0.3) is 0 Å². The second-order valence-electron chi connectivity index (χ2n) is 5.53. The van der Waals surface area contributed by atoms with E-state index < -0.39 is 0 Å². The van der Waals surface area contributed by atoms with Gasteiger partial charge in [0.15, 0.2) is 0 Å². The van der Waals surface area contributed by atoms with Gasteiger partial charge >= 0.3 is 0 Å². The van der Waals surface area contributed by atoms with Crippen molar-refractivity contribution in [3.63, 3.8) is 0 Å². The third kappa shape index (κ3) is 4.73. The van der Waals surface area contributed by atoms with Crippen LogP contribution in [0.2, 0.25) is 0 Å². The van der Waals surface area contributed by atoms with Gasteiger partial charge < -0.3 is 4.90 Å². The van der Waals surface area contributed by atoms with Crippen molar-refractivity contribution < 1.29 is 9.18 Å². The van der Waals surface area contributed by atoms with Crippen LogP contribution < -0.4 is 0 Å². The number of unbranched alkanes of at least 4 members (excludes halogenated alkanes) is 4. The number of carbonyl (C=O) groups excluding carboxylic acids is 1. The normalized spacial score (nSPS) is 18.2. The molecule has 1 amide bonds. The third-order valence-electron chi connectivity index (χ3n) is 3.84. The van der Waals surface area contributed by atoms with Crippen molar-refractivity contribution in [3.8, 4) is 0 Å². The largest absolute Gasteiger partial charge is 0.326 e. The Balaban J connectivity index is 1.88. The molecule has 1 unspecified atom stereocenters. The summed E-state index contributed by atoms with van der Waals surface area (Å²) in [7, 11) is 0. The van der Waals surface area contributed by atoms with E-state index in [0.717, 1.165) is 30.7 Å². The maximum absolute atomic E-state index is 13.4. The number of carbonyl (C=O) groups is 1. The lowest BCUT2D eigenvalue weighted by Gasteiger charge is -2.24. The molecule has 0 aliphatic carbocycles. The molecule has 1 aromatic rings. The van der Waals surface area contributed by atoms with Gasteiger partial charge in [-0.25, -0.2) is 4.39 Å². The summed E-state index contributed by atoms with van der Waals surface area (Å²) in [6.45, 7) is 2.97. The molecule has 0 N–H and O–H groups in total. The number of benzene rings is 1. The van der Waals surface area contributed by atoms with E-state index in [-0.39, 0.29) is 17.1 Å². The zero-order chi connectivity index (χ0) is 15.1. The molecule has 1 aliphatic heterocycles. The van der Waals surface area contributed by atoms with Crippen LogP contribution >= 0.6 is 11.8 Å². The Hall–Kier alpha value is -1.03. The second-order valence-corrected chi connectivity index (χ2v) is 6.72. The predicted molar refractivity (Wildman–Crippen MR) is 86.7 cm³/mol. The molecule has 1 aromatic carbocycles. The van der Waals surface area contributed by atoms with Crippen molar-refractivity contribution in [2.24, 2.45) is 0 Å². The van der Waals surface area contributed by atoms with Crippen molar-refractivity contribution in [2.75, 3.05) is 12.3 Å². The number of thioether (sulfide) groups is 1. The monoisotopic (exact) mass is 309 g/mol. The zero-order valence-electron chi connectivity index (χ0n) is 12.7. The van der Waals surface area contributed by atoms with E-state index in [1.165, 1.54) is 25.3 Å². The summed E-state index contributed by atoms with van der Waals surface area (Å²) in [5.74, 6) is 0.917. The Morgan fingerprint density at radius 2 is 2.14 bits per heavy atom. The lowest BCUT2D eigenvalue weighted by molar-refractivity contribution is -0.131. The average molecular weight is 309 g/mol. The Morgan fingerprint density at radius 1 is 1.33 bits per heavy atom. The van der Waals surface area contributed by atoms with Gasteiger partial charge in [0, 0.05) is 18.7 Å². The number of hydrogen-bond donors (Lipinski definition) is 0. The lowest BCUT2D eigenvalue weighted by Crippen LogP contribution is -2.30. The van der Waals surface area contributed by atoms with Crippen LogP contribution in [0.3, 0.4) is 0 Å². The van der Waals surface area contributed by atoms with E-state index in [0.29, 0.717) is 6.42 Å². The Labute approximate surface area is 131 Å². The molecular weight excluding hydrogens is 285 g/mol. The smallest absolute Gasteiger partial charge is 0.223 e. The van der Waals surface area contributed by atoms with Gasteiger partial charge in [-0.1, -0.05) is 44.7 Å². The molecule has 1 heterocycles. The van der Waals surface area contributed by atoms with Crippen molar-refractivity contribution >= 4 is 17.7 Å². The molecule has 116 valence electrons. The number of rotatable bonds is 7. The summed E-state index contributed by atoms with van der Waals surface area (Å²) >= 11 is 1.73. The van der Waals surface area contributed by atoms with Crippen LogP contribution in [0.25, 0.3) is 0 Å². The second kappa shape index (κ2) is 8.42. The van der Waals surface area contributed by atoms with Crippen LogP contribution in [0.1, 0.15) is 56.4 Å². The van der Waals surface area contributed by atoms with Crippen LogP contribution in [0.4, 0.5) is 4.39 Å². The fourth-order valence-electron chi connectivity index (χ4n) is 2.69. The third-order valence-corrected chi connectivity index (χ3v) is 5.10. The van der Waals surface area contributed by atoms with Crippen LogP contribution in [-0.2, 0) is 4.79 Å². The van der Waals surface area contributed by atoms with Crippen molar-refractivity contribution in [2.45, 2.75) is 50.8 Å². The topological polar surface area (TPSA) is 20.3 Å². The minimum absolute atomic E-state index is 0.0103. The first kappa shape index (κ1) is 16.3. The highest BCUT2D eigenvalue weighted by molar-refractivity contribution is 7.99. The van der Waals surface area contributed by atoms with Gasteiger partial charge in [0.1, 0.15) is 11.2 Å². The molecule has 1 atom stereocenters. The first-order chi connectivity index (χ1) is 10.2. The standard InChI is InChI=1S/C17H24FNOS/c1-2-3-4-5-6-10-16(20)19-11-12-21-17(19)14-8-7-9-15(18)13-14/h7-9,13,17H,2-6,10-12H2,1H3. The summed E-state index contributed by atoms with van der Waals surface area (Å²) in [4.78, 5) is 14.3. The van der Waals surface area contributed by atoms with Gasteiger partial charge in [0.05, 0.1) is 0 Å². The SMILES string of the molecule is CCCCCCCC(=O)N1CCSC1c1cccc(F)c1. The molecule has 4 heteroatoms. The molecule has 21 heavy (non-hydrogen) atoms. The summed E-state index contributed by atoms with van der Waals surface area (Å²) in [6, 6.07) is 6.62. The molecule has 1 fully saturated rings. The maximum Gasteiger partial charge on any atom is 0.223 e. The highest BCUT2D eigenvalue weighted by Crippen LogP contribution is 2.38. The molecular formula is C17H24FNOS. The van der Waals surface area contributed by atoms with E-state index in [1.807, 2.05) is 11.0 Å². The molecule has 2 rings (SSSR count). The van der Waals surface area contributed by atoms with E-state index >= 15 is 0 Å². The fourth-order valence-corrected chi connectivity index (χ4v) is 3.95. The Kier molecular flexibility index (Phi) is 6.55. The summed E-state index contributed by atoms with van der Waals surface area (Å²) in [5.41, 5.74) is 0.900. The Bertz CT molecular complexity index is 466. The number of nitrogens with zero attached hydrogens (tertiary/aromatic N) is 1. The molecule has 0 spiro atoms. The van der Waals surface area contributed by atoms with E-state index in [4.69, 9.17) is 0 Å². The zero-order valence-corrected chi connectivity index (χ0v) is 13.5. The van der Waals surface area contributed by atoms with Crippen LogP contribution in [0, 0.1) is 5.82 Å². The Morgan fingerprint density at radius 3 is 2.90 bits per heavy atom. The van der Waals surface area contributed by atoms with Gasteiger partial charge in [-0.05, 0) is 24.1 Å². The van der Waals surface area contributed by atoms with E-state index in [2.05, 4.69) is 6.92 Å². The summed E-state index contributed by atoms with van der Waals surface area (Å²) in [6.07, 6.45) is 6.40. The molecule has 1 aliphatic rings. The van der Waals surface area contributed by atoms with Crippen LogP contribution in [-0.4, -0.2) is 23.1 Å². The highest BCUT2D eigenvalue weighted by atomic mass is 32.2. The molecule has 0 saturated carbocycles. The van der Waals surface area contributed by atoms with Crippen molar-refractivity contribution in [1.82, 2.24) is 4.90 Å². The number of hydrogen-bond acceptors (Lipinski definition) is 2. The average Bonchev–Trinajstić information content (AvgIpc) is 2.96. The molecule has 0 radical (unpaired) electrons. The van der Waals surface area contributed by atoms with E-state index in [9.17, 15) is 9.18 Å². The van der Waals surface area contributed by atoms with Crippen LogP contribution in [0.15, 0.2) is 24.3 Å². The predicted octanol–water partition coefficient (Wildman–Crippen LogP) is 4.76. The minimum Gasteiger partial charge on any atom is -0.326 e. The first-order valence-corrected chi connectivity index (χ1v) is 8.93. The maximum atomic E-state index is 13.4. The summed E-state index contributed by atoms with van der Waals surface area (Å²) < 4.78 is 13.4. The number of halogens is 1. The fraction of sp³-hybridized carbons (Fsp3) is 0.588. The summed E-state index contributed by atoms with van der Waals surface area (Å²) in [5, 5.41) is -0.0103. The first-order valence-electron chi connectivity index (χ1n) is 7.89. The van der Waals surface area contributed by atoms with Gasteiger partial charge in [-0.15, -0.1) is 11.8 Å². The molecule has 1 saturated heterocycles. The minimum atomic E-state index is -0.230.